The van der Waals surface area contributed by atoms with E-state index in [2.05, 4.69) is 27.6 Å². The Balaban J connectivity index is 1.69. The van der Waals surface area contributed by atoms with Crippen LogP contribution in [-0.4, -0.2) is 16.7 Å². The first-order valence-corrected chi connectivity index (χ1v) is 5.21. The largest absolute Gasteiger partial charge is 0.390 e. The van der Waals surface area contributed by atoms with E-state index >= 15 is 0 Å². The molecular formula is C11H14N4O. The molecule has 5 heteroatoms. The van der Waals surface area contributed by atoms with Gasteiger partial charge in [0.25, 0.3) is 0 Å². The summed E-state index contributed by atoms with van der Waals surface area (Å²) in [5.41, 5.74) is 6.62. The number of aryl methyl sites for hydroxylation is 1. The number of aromatic nitrogens is 2. The molecule has 0 aliphatic carbocycles. The molecule has 0 atom stereocenters. The summed E-state index contributed by atoms with van der Waals surface area (Å²) in [6.07, 6.45) is 2.03. The van der Waals surface area contributed by atoms with Gasteiger partial charge in [-0.2, -0.15) is 0 Å². The molecule has 1 aromatic carbocycles. The molecule has 0 unspecified atom stereocenters. The molecule has 2 rings (SSSR count). The molecule has 0 amide bonds. The molecule has 3 N–H and O–H groups in total. The maximum atomic E-state index is 5.29. The third kappa shape index (κ3) is 2.98. The van der Waals surface area contributed by atoms with E-state index in [4.69, 9.17) is 10.2 Å². The highest BCUT2D eigenvalue weighted by atomic mass is 16.4. The summed E-state index contributed by atoms with van der Waals surface area (Å²) in [4.78, 5) is 0. The second-order valence-corrected chi connectivity index (χ2v) is 3.46. The van der Waals surface area contributed by atoms with Crippen molar-refractivity contribution >= 4 is 12.0 Å². The predicted molar refractivity (Wildman–Crippen MR) is 62.0 cm³/mol. The van der Waals surface area contributed by atoms with Gasteiger partial charge in [-0.05, 0) is 18.4 Å². The zero-order valence-electron chi connectivity index (χ0n) is 8.89. The number of rotatable bonds is 5. The van der Waals surface area contributed by atoms with E-state index in [1.807, 2.05) is 18.2 Å². The van der Waals surface area contributed by atoms with Crippen LogP contribution in [0.5, 0.6) is 0 Å². The van der Waals surface area contributed by atoms with Gasteiger partial charge in [0.05, 0.1) is 0 Å². The first-order chi connectivity index (χ1) is 7.84. The number of nitrogens with zero attached hydrogens (tertiary/aromatic N) is 2. The van der Waals surface area contributed by atoms with Crippen LogP contribution in [0.4, 0.5) is 12.0 Å². The molecule has 5 nitrogen and oxygen atoms in total. The van der Waals surface area contributed by atoms with E-state index in [1.165, 1.54) is 5.56 Å². The normalized spacial score (nSPS) is 10.2. The highest BCUT2D eigenvalue weighted by Gasteiger charge is 2.00. The van der Waals surface area contributed by atoms with Crippen molar-refractivity contribution < 1.29 is 4.42 Å². The fourth-order valence-electron chi connectivity index (χ4n) is 1.44. The lowest BCUT2D eigenvalue weighted by molar-refractivity contribution is 0.585. The van der Waals surface area contributed by atoms with Crippen molar-refractivity contribution in [1.82, 2.24) is 10.2 Å². The van der Waals surface area contributed by atoms with Gasteiger partial charge < -0.3 is 15.5 Å². The van der Waals surface area contributed by atoms with E-state index < -0.39 is 0 Å². The Bertz CT molecular complexity index is 427. The smallest absolute Gasteiger partial charge is 0.316 e. The van der Waals surface area contributed by atoms with Gasteiger partial charge in [0.1, 0.15) is 0 Å². The summed E-state index contributed by atoms with van der Waals surface area (Å²) in [5, 5.41) is 10.3. The summed E-state index contributed by atoms with van der Waals surface area (Å²) < 4.78 is 4.98. The molecule has 0 aliphatic heterocycles. The lowest BCUT2D eigenvalue weighted by atomic mass is 10.1. The fourth-order valence-corrected chi connectivity index (χ4v) is 1.44. The minimum atomic E-state index is 0.0885. The Morgan fingerprint density at radius 2 is 2.00 bits per heavy atom. The van der Waals surface area contributed by atoms with Crippen molar-refractivity contribution in [1.29, 1.82) is 0 Å². The lowest BCUT2D eigenvalue weighted by Crippen LogP contribution is -2.03. The monoisotopic (exact) mass is 218 g/mol. The van der Waals surface area contributed by atoms with Crippen LogP contribution in [-0.2, 0) is 6.42 Å². The van der Waals surface area contributed by atoms with E-state index in [1.54, 1.807) is 0 Å². The number of benzene rings is 1. The molecule has 0 saturated heterocycles. The Morgan fingerprint density at radius 3 is 2.69 bits per heavy atom. The van der Waals surface area contributed by atoms with Crippen LogP contribution in [0.2, 0.25) is 0 Å². The molecule has 0 aliphatic rings. The number of hydrogen-bond donors (Lipinski definition) is 2. The van der Waals surface area contributed by atoms with Gasteiger partial charge in [0.2, 0.25) is 0 Å². The summed E-state index contributed by atoms with van der Waals surface area (Å²) in [7, 11) is 0. The molecule has 0 spiro atoms. The van der Waals surface area contributed by atoms with Gasteiger partial charge in [-0.15, -0.1) is 0 Å². The van der Waals surface area contributed by atoms with Crippen LogP contribution >= 0.6 is 0 Å². The molecule has 16 heavy (non-hydrogen) atoms. The molecule has 1 heterocycles. The van der Waals surface area contributed by atoms with Crippen LogP contribution in [0.15, 0.2) is 34.7 Å². The second-order valence-electron chi connectivity index (χ2n) is 3.46. The highest BCUT2D eigenvalue weighted by molar-refractivity contribution is 5.22. The molecule has 84 valence electrons. The van der Waals surface area contributed by atoms with E-state index in [9.17, 15) is 0 Å². The lowest BCUT2D eigenvalue weighted by Gasteiger charge is -2.01. The van der Waals surface area contributed by atoms with E-state index in [0.717, 1.165) is 19.4 Å². The molecular weight excluding hydrogens is 204 g/mol. The SMILES string of the molecule is Nc1nnc(NCCCc2ccccc2)o1. The average molecular weight is 218 g/mol. The minimum Gasteiger partial charge on any atom is -0.390 e. The molecule has 0 fully saturated rings. The number of anilines is 2. The van der Waals surface area contributed by atoms with Crippen LogP contribution in [0.1, 0.15) is 12.0 Å². The Hall–Kier alpha value is -2.04. The topological polar surface area (TPSA) is 77.0 Å². The number of nitrogens with two attached hydrogens (primary N) is 1. The van der Waals surface area contributed by atoms with Crippen LogP contribution in [0.25, 0.3) is 0 Å². The van der Waals surface area contributed by atoms with Gasteiger partial charge in [0.15, 0.2) is 0 Å². The third-order valence-corrected chi connectivity index (χ3v) is 2.20. The standard InChI is InChI=1S/C11H14N4O/c12-10-14-15-11(16-10)13-8-4-7-9-5-2-1-3-6-9/h1-3,5-6H,4,7-8H2,(H2,12,14)(H,13,15). The van der Waals surface area contributed by atoms with Crippen molar-refractivity contribution in [3.63, 3.8) is 0 Å². The number of nitrogen functional groups attached to an aromatic ring is 1. The zero-order chi connectivity index (χ0) is 11.2. The summed E-state index contributed by atoms with van der Waals surface area (Å²) in [6, 6.07) is 10.8. The van der Waals surface area contributed by atoms with Crippen molar-refractivity contribution in [3.05, 3.63) is 35.9 Å². The average Bonchev–Trinajstić information content (AvgIpc) is 2.72. The van der Waals surface area contributed by atoms with Crippen LogP contribution < -0.4 is 11.1 Å². The quantitative estimate of drug-likeness (QED) is 0.747. The minimum absolute atomic E-state index is 0.0885. The molecule has 0 radical (unpaired) electrons. The number of hydrogen-bond acceptors (Lipinski definition) is 5. The Morgan fingerprint density at radius 1 is 1.19 bits per heavy atom. The Kier molecular flexibility index (Phi) is 3.38. The summed E-state index contributed by atoms with van der Waals surface area (Å²) in [5.74, 6) is 0. The molecule has 0 bridgehead atoms. The van der Waals surface area contributed by atoms with Crippen molar-refractivity contribution in [3.8, 4) is 0 Å². The summed E-state index contributed by atoms with van der Waals surface area (Å²) >= 11 is 0. The maximum absolute atomic E-state index is 5.29. The van der Waals surface area contributed by atoms with Crippen molar-refractivity contribution in [2.45, 2.75) is 12.8 Å². The van der Waals surface area contributed by atoms with Crippen LogP contribution in [0.3, 0.4) is 0 Å². The summed E-state index contributed by atoms with van der Waals surface area (Å²) in [6.45, 7) is 0.788. The first kappa shape index (κ1) is 10.5. The predicted octanol–water partition coefficient (Wildman–Crippen LogP) is 1.70. The van der Waals surface area contributed by atoms with E-state index in [0.29, 0.717) is 6.01 Å². The molecule has 0 saturated carbocycles. The van der Waals surface area contributed by atoms with Gasteiger partial charge >= 0.3 is 12.0 Å². The van der Waals surface area contributed by atoms with Gasteiger partial charge in [-0.1, -0.05) is 40.5 Å². The first-order valence-electron chi connectivity index (χ1n) is 5.21. The highest BCUT2D eigenvalue weighted by Crippen LogP contribution is 2.07. The van der Waals surface area contributed by atoms with Gasteiger partial charge in [0, 0.05) is 6.54 Å². The maximum Gasteiger partial charge on any atom is 0.316 e. The number of nitrogens with one attached hydrogen (secondary N) is 1. The molecule has 1 aromatic heterocycles. The van der Waals surface area contributed by atoms with Gasteiger partial charge in [-0.25, -0.2) is 0 Å². The Labute approximate surface area is 93.7 Å². The zero-order valence-corrected chi connectivity index (χ0v) is 8.89. The van der Waals surface area contributed by atoms with Gasteiger partial charge in [-0.3, -0.25) is 0 Å². The third-order valence-electron chi connectivity index (χ3n) is 2.20. The van der Waals surface area contributed by atoms with E-state index in [-0.39, 0.29) is 6.01 Å². The molecule has 2 aromatic rings. The fraction of sp³-hybridized carbons (Fsp3) is 0.273. The van der Waals surface area contributed by atoms with Crippen molar-refractivity contribution in [2.75, 3.05) is 17.6 Å². The second kappa shape index (κ2) is 5.16. The van der Waals surface area contributed by atoms with Crippen LogP contribution in [0, 0.1) is 0 Å². The van der Waals surface area contributed by atoms with Crippen molar-refractivity contribution in [2.24, 2.45) is 0 Å².